The average molecular weight is 379 g/mol. The van der Waals surface area contributed by atoms with Gasteiger partial charge in [0.15, 0.2) is 11.5 Å². The number of carbonyl (C=O) groups is 1. The second kappa shape index (κ2) is 11.4. The summed E-state index contributed by atoms with van der Waals surface area (Å²) in [5.74, 6) is 1.47. The van der Waals surface area contributed by atoms with Gasteiger partial charge in [-0.05, 0) is 30.3 Å². The summed E-state index contributed by atoms with van der Waals surface area (Å²) in [5, 5.41) is 2.99. The minimum atomic E-state index is 0. The van der Waals surface area contributed by atoms with Crippen molar-refractivity contribution in [3.63, 3.8) is 0 Å². The Morgan fingerprint density at radius 1 is 1.08 bits per heavy atom. The van der Waals surface area contributed by atoms with Gasteiger partial charge in [0.2, 0.25) is 5.91 Å². The number of nitrogens with zero attached hydrogens (tertiary/aromatic N) is 1. The SMILES string of the molecule is CNCCC(=O)N(C)Cc1ccc(OCc2ccccc2)c(OC)c1.Cl. The monoisotopic (exact) mass is 378 g/mol. The molecule has 0 saturated carbocycles. The molecule has 142 valence electrons. The van der Waals surface area contributed by atoms with E-state index in [4.69, 9.17) is 9.47 Å². The maximum atomic E-state index is 12.0. The van der Waals surface area contributed by atoms with E-state index in [1.165, 1.54) is 0 Å². The highest BCUT2D eigenvalue weighted by Crippen LogP contribution is 2.29. The molecule has 0 aliphatic heterocycles. The third kappa shape index (κ3) is 6.58. The van der Waals surface area contributed by atoms with Crippen molar-refractivity contribution in [3.8, 4) is 11.5 Å². The van der Waals surface area contributed by atoms with Gasteiger partial charge in [-0.2, -0.15) is 0 Å². The van der Waals surface area contributed by atoms with E-state index in [2.05, 4.69) is 5.32 Å². The Morgan fingerprint density at radius 2 is 1.81 bits per heavy atom. The maximum Gasteiger partial charge on any atom is 0.223 e. The molecule has 0 fully saturated rings. The van der Waals surface area contributed by atoms with Crippen LogP contribution in [0, 0.1) is 0 Å². The lowest BCUT2D eigenvalue weighted by molar-refractivity contribution is -0.130. The van der Waals surface area contributed by atoms with E-state index in [1.807, 2.05) is 62.6 Å². The molecule has 2 aromatic rings. The van der Waals surface area contributed by atoms with Gasteiger partial charge in [-0.3, -0.25) is 4.79 Å². The Kier molecular flexibility index (Phi) is 9.55. The van der Waals surface area contributed by atoms with Crippen molar-refractivity contribution in [1.82, 2.24) is 10.2 Å². The van der Waals surface area contributed by atoms with Crippen LogP contribution >= 0.6 is 12.4 Å². The third-order valence-electron chi connectivity index (χ3n) is 3.90. The number of methoxy groups -OCH3 is 1. The predicted octanol–water partition coefficient (Wildman–Crippen LogP) is 3.26. The Bertz CT molecular complexity index is 680. The molecule has 0 unspecified atom stereocenters. The van der Waals surface area contributed by atoms with Gasteiger partial charge in [0.25, 0.3) is 0 Å². The zero-order valence-electron chi connectivity index (χ0n) is 15.5. The van der Waals surface area contributed by atoms with Crippen LogP contribution in [-0.2, 0) is 17.9 Å². The number of benzene rings is 2. The van der Waals surface area contributed by atoms with Gasteiger partial charge >= 0.3 is 0 Å². The van der Waals surface area contributed by atoms with Gasteiger partial charge in [-0.25, -0.2) is 0 Å². The topological polar surface area (TPSA) is 50.8 Å². The highest BCUT2D eigenvalue weighted by atomic mass is 35.5. The Labute approximate surface area is 161 Å². The molecule has 1 amide bonds. The fourth-order valence-corrected chi connectivity index (χ4v) is 2.45. The normalized spacial score (nSPS) is 9.96. The Morgan fingerprint density at radius 3 is 2.46 bits per heavy atom. The van der Waals surface area contributed by atoms with E-state index in [-0.39, 0.29) is 18.3 Å². The molecule has 2 aromatic carbocycles. The largest absolute Gasteiger partial charge is 0.493 e. The molecule has 2 rings (SSSR count). The second-order valence-electron chi connectivity index (χ2n) is 5.86. The Hall–Kier alpha value is -2.24. The molecule has 0 spiro atoms. The molecule has 0 atom stereocenters. The standard InChI is InChI=1S/C20H26N2O3.ClH/c1-21-12-11-20(23)22(2)14-17-9-10-18(19(13-17)24-3)25-15-16-7-5-4-6-8-16;/h4-10,13,21H,11-12,14-15H2,1-3H3;1H. The molecule has 0 aliphatic carbocycles. The molecule has 0 aliphatic rings. The van der Waals surface area contributed by atoms with Crippen molar-refractivity contribution in [2.24, 2.45) is 0 Å². The highest BCUT2D eigenvalue weighted by Gasteiger charge is 2.11. The zero-order chi connectivity index (χ0) is 18.1. The second-order valence-corrected chi connectivity index (χ2v) is 5.86. The van der Waals surface area contributed by atoms with Crippen molar-refractivity contribution >= 4 is 18.3 Å². The van der Waals surface area contributed by atoms with Crippen LogP contribution in [0.25, 0.3) is 0 Å². The first-order valence-corrected chi connectivity index (χ1v) is 8.36. The molecule has 0 aromatic heterocycles. The number of ether oxygens (including phenoxy) is 2. The number of amides is 1. The van der Waals surface area contributed by atoms with E-state index < -0.39 is 0 Å². The summed E-state index contributed by atoms with van der Waals surface area (Å²) in [6.45, 7) is 1.70. The fraction of sp³-hybridized carbons (Fsp3) is 0.350. The van der Waals surface area contributed by atoms with E-state index in [1.54, 1.807) is 12.0 Å². The molecule has 0 radical (unpaired) electrons. The maximum absolute atomic E-state index is 12.0. The van der Waals surface area contributed by atoms with Gasteiger partial charge in [-0.15, -0.1) is 12.4 Å². The number of hydrogen-bond acceptors (Lipinski definition) is 4. The quantitative estimate of drug-likeness (QED) is 0.727. The van der Waals surface area contributed by atoms with E-state index in [0.29, 0.717) is 37.6 Å². The first-order valence-electron chi connectivity index (χ1n) is 8.36. The average Bonchev–Trinajstić information content (AvgIpc) is 2.65. The van der Waals surface area contributed by atoms with Crippen LogP contribution in [0.4, 0.5) is 0 Å². The van der Waals surface area contributed by atoms with E-state index >= 15 is 0 Å². The number of hydrogen-bond donors (Lipinski definition) is 1. The molecular formula is C20H27ClN2O3. The number of rotatable bonds is 9. The molecule has 0 saturated heterocycles. The molecular weight excluding hydrogens is 352 g/mol. The van der Waals surface area contributed by atoms with Crippen LogP contribution in [0.5, 0.6) is 11.5 Å². The predicted molar refractivity (Wildman–Crippen MR) is 106 cm³/mol. The van der Waals surface area contributed by atoms with Crippen molar-refractivity contribution in [1.29, 1.82) is 0 Å². The molecule has 0 bridgehead atoms. The zero-order valence-corrected chi connectivity index (χ0v) is 16.3. The van der Waals surface area contributed by atoms with Crippen molar-refractivity contribution in [2.45, 2.75) is 19.6 Å². The van der Waals surface area contributed by atoms with Gasteiger partial charge in [0.05, 0.1) is 7.11 Å². The third-order valence-corrected chi connectivity index (χ3v) is 3.90. The fourth-order valence-electron chi connectivity index (χ4n) is 2.45. The van der Waals surface area contributed by atoms with Gasteiger partial charge < -0.3 is 19.7 Å². The molecule has 6 heteroatoms. The summed E-state index contributed by atoms with van der Waals surface area (Å²) in [6.07, 6.45) is 0.488. The molecule has 5 nitrogen and oxygen atoms in total. The van der Waals surface area contributed by atoms with Crippen LogP contribution in [0.15, 0.2) is 48.5 Å². The first-order chi connectivity index (χ1) is 12.1. The summed E-state index contributed by atoms with van der Waals surface area (Å²) in [6, 6.07) is 15.8. The van der Waals surface area contributed by atoms with Crippen LogP contribution < -0.4 is 14.8 Å². The van der Waals surface area contributed by atoms with Crippen molar-refractivity contribution in [3.05, 3.63) is 59.7 Å². The van der Waals surface area contributed by atoms with Crippen LogP contribution in [-0.4, -0.2) is 38.6 Å². The Balaban J connectivity index is 0.00000338. The molecule has 0 heterocycles. The van der Waals surface area contributed by atoms with Gasteiger partial charge in [0, 0.05) is 26.6 Å². The minimum absolute atomic E-state index is 0. The highest BCUT2D eigenvalue weighted by molar-refractivity contribution is 5.85. The number of nitrogens with one attached hydrogen (secondary N) is 1. The minimum Gasteiger partial charge on any atom is -0.493 e. The summed E-state index contributed by atoms with van der Waals surface area (Å²) < 4.78 is 11.3. The summed E-state index contributed by atoms with van der Waals surface area (Å²) in [7, 11) is 5.27. The number of halogens is 1. The van der Waals surface area contributed by atoms with E-state index in [9.17, 15) is 4.79 Å². The van der Waals surface area contributed by atoms with Crippen LogP contribution in [0.3, 0.4) is 0 Å². The van der Waals surface area contributed by atoms with Crippen molar-refractivity contribution in [2.75, 3.05) is 27.7 Å². The lowest BCUT2D eigenvalue weighted by atomic mass is 10.2. The van der Waals surface area contributed by atoms with Crippen molar-refractivity contribution < 1.29 is 14.3 Å². The van der Waals surface area contributed by atoms with Gasteiger partial charge in [-0.1, -0.05) is 36.4 Å². The molecule has 26 heavy (non-hydrogen) atoms. The van der Waals surface area contributed by atoms with Gasteiger partial charge in [0.1, 0.15) is 6.61 Å². The smallest absolute Gasteiger partial charge is 0.223 e. The summed E-state index contributed by atoms with van der Waals surface area (Å²) in [5.41, 5.74) is 2.10. The van der Waals surface area contributed by atoms with Crippen LogP contribution in [0.2, 0.25) is 0 Å². The van der Waals surface area contributed by atoms with E-state index in [0.717, 1.165) is 11.1 Å². The summed E-state index contributed by atoms with van der Waals surface area (Å²) >= 11 is 0. The molecule has 1 N–H and O–H groups in total. The number of carbonyl (C=O) groups excluding carboxylic acids is 1. The summed E-state index contributed by atoms with van der Waals surface area (Å²) in [4.78, 5) is 13.7. The lowest BCUT2D eigenvalue weighted by Gasteiger charge is -2.18. The van der Waals surface area contributed by atoms with Crippen LogP contribution in [0.1, 0.15) is 17.5 Å². The lowest BCUT2D eigenvalue weighted by Crippen LogP contribution is -2.28. The first kappa shape index (κ1) is 21.8.